The Morgan fingerprint density at radius 1 is 0.958 bits per heavy atom. The van der Waals surface area contributed by atoms with Crippen molar-refractivity contribution in [1.82, 2.24) is 14.8 Å². The summed E-state index contributed by atoms with van der Waals surface area (Å²) in [5, 5.41) is 8.43. The first-order valence-electron chi connectivity index (χ1n) is 8.17. The van der Waals surface area contributed by atoms with Gasteiger partial charge in [-0.2, -0.15) is 0 Å². The van der Waals surface area contributed by atoms with Crippen LogP contribution in [0.25, 0.3) is 0 Å². The minimum atomic E-state index is -0.214. The predicted octanol–water partition coefficient (Wildman–Crippen LogP) is 3.12. The zero-order valence-corrected chi connectivity index (χ0v) is 13.8. The third kappa shape index (κ3) is 3.81. The van der Waals surface area contributed by atoms with Crippen LogP contribution in [0.5, 0.6) is 6.01 Å². The largest absolute Gasteiger partial charge is 0.459 e. The summed E-state index contributed by atoms with van der Waals surface area (Å²) in [5.41, 5.74) is 8.62. The van der Waals surface area contributed by atoms with Gasteiger partial charge in [0.25, 0.3) is 0 Å². The number of nitrogens with zero attached hydrogens (tertiary/aromatic N) is 3. The zero-order valence-electron chi connectivity index (χ0n) is 13.8. The van der Waals surface area contributed by atoms with Crippen molar-refractivity contribution in [2.24, 2.45) is 5.73 Å². The van der Waals surface area contributed by atoms with E-state index in [1.807, 2.05) is 60.0 Å². The van der Waals surface area contributed by atoms with Crippen molar-refractivity contribution in [2.45, 2.75) is 32.5 Å². The average molecular weight is 322 g/mol. The van der Waals surface area contributed by atoms with E-state index in [9.17, 15) is 0 Å². The maximum absolute atomic E-state index is 6.35. The maximum Gasteiger partial charge on any atom is 0.317 e. The lowest BCUT2D eigenvalue weighted by Gasteiger charge is -2.13. The lowest BCUT2D eigenvalue weighted by atomic mass is 10.1. The van der Waals surface area contributed by atoms with E-state index in [4.69, 9.17) is 10.5 Å². The molecule has 0 aliphatic heterocycles. The van der Waals surface area contributed by atoms with Gasteiger partial charge in [0.1, 0.15) is 6.61 Å². The zero-order chi connectivity index (χ0) is 16.8. The molecule has 0 aliphatic rings. The minimum absolute atomic E-state index is 0.214. The van der Waals surface area contributed by atoms with Crippen molar-refractivity contribution >= 4 is 0 Å². The first-order chi connectivity index (χ1) is 11.8. The van der Waals surface area contributed by atoms with Crippen LogP contribution in [0.2, 0.25) is 0 Å². The van der Waals surface area contributed by atoms with Crippen molar-refractivity contribution in [2.75, 3.05) is 0 Å². The first kappa shape index (κ1) is 16.2. The number of aromatic nitrogens is 3. The normalized spacial score (nSPS) is 12.1. The molecule has 1 heterocycles. The molecule has 5 heteroatoms. The molecular formula is C19H22N4O. The molecule has 0 saturated carbocycles. The summed E-state index contributed by atoms with van der Waals surface area (Å²) in [6.07, 6.45) is 0.720. The highest BCUT2D eigenvalue weighted by molar-refractivity contribution is 5.18. The van der Waals surface area contributed by atoms with Crippen LogP contribution in [-0.2, 0) is 19.6 Å². The van der Waals surface area contributed by atoms with Crippen LogP contribution in [0.15, 0.2) is 60.7 Å². The molecule has 124 valence electrons. The number of nitrogens with two attached hydrogens (primary N) is 1. The van der Waals surface area contributed by atoms with Crippen molar-refractivity contribution in [3.05, 3.63) is 77.6 Å². The van der Waals surface area contributed by atoms with Gasteiger partial charge in [-0.3, -0.25) is 4.57 Å². The van der Waals surface area contributed by atoms with E-state index in [0.29, 0.717) is 12.6 Å². The van der Waals surface area contributed by atoms with Gasteiger partial charge in [-0.05, 0) is 24.5 Å². The monoisotopic (exact) mass is 322 g/mol. The molecule has 0 spiro atoms. The third-order valence-corrected chi connectivity index (χ3v) is 3.90. The Labute approximate surface area is 142 Å². The third-order valence-electron chi connectivity index (χ3n) is 3.90. The molecule has 0 amide bonds. The Kier molecular flexibility index (Phi) is 5.23. The molecule has 0 aliphatic carbocycles. The van der Waals surface area contributed by atoms with E-state index in [-0.39, 0.29) is 6.04 Å². The standard InChI is InChI=1S/C19H22N4O/c1-2-23-18(17(20)13-15-9-5-3-6-10-15)21-22-19(23)24-14-16-11-7-4-8-12-16/h3-12,17H,2,13-14,20H2,1H3/t17-/m1/s1. The molecule has 3 aromatic rings. The quantitative estimate of drug-likeness (QED) is 0.726. The van der Waals surface area contributed by atoms with Crippen LogP contribution in [-0.4, -0.2) is 14.8 Å². The number of hydrogen-bond acceptors (Lipinski definition) is 4. The Hall–Kier alpha value is -2.66. The van der Waals surface area contributed by atoms with Gasteiger partial charge in [0, 0.05) is 6.54 Å². The molecule has 2 N–H and O–H groups in total. The molecule has 3 rings (SSSR count). The SMILES string of the molecule is CCn1c(OCc2ccccc2)nnc1[C@H](N)Cc1ccccc1. The van der Waals surface area contributed by atoms with Crippen LogP contribution in [0, 0.1) is 0 Å². The van der Waals surface area contributed by atoms with Gasteiger partial charge < -0.3 is 10.5 Å². The second-order valence-corrected chi connectivity index (χ2v) is 5.66. The fourth-order valence-corrected chi connectivity index (χ4v) is 2.66. The molecule has 1 atom stereocenters. The Balaban J connectivity index is 1.71. The minimum Gasteiger partial charge on any atom is -0.459 e. The first-order valence-corrected chi connectivity index (χ1v) is 8.17. The lowest BCUT2D eigenvalue weighted by molar-refractivity contribution is 0.265. The molecule has 0 bridgehead atoms. The number of rotatable bonds is 7. The summed E-state index contributed by atoms with van der Waals surface area (Å²) in [6, 6.07) is 20.5. The second-order valence-electron chi connectivity index (χ2n) is 5.66. The van der Waals surface area contributed by atoms with E-state index >= 15 is 0 Å². The smallest absolute Gasteiger partial charge is 0.317 e. The highest BCUT2D eigenvalue weighted by Crippen LogP contribution is 2.19. The number of benzene rings is 2. The van der Waals surface area contributed by atoms with E-state index < -0.39 is 0 Å². The second kappa shape index (κ2) is 7.75. The van der Waals surface area contributed by atoms with Crippen LogP contribution >= 0.6 is 0 Å². The highest BCUT2D eigenvalue weighted by Gasteiger charge is 2.18. The summed E-state index contributed by atoms with van der Waals surface area (Å²) in [6.45, 7) is 3.22. The molecule has 0 fully saturated rings. The molecule has 2 aromatic carbocycles. The van der Waals surface area contributed by atoms with Crippen molar-refractivity contribution in [1.29, 1.82) is 0 Å². The molecule has 0 radical (unpaired) electrons. The van der Waals surface area contributed by atoms with E-state index in [0.717, 1.165) is 24.4 Å². The van der Waals surface area contributed by atoms with Crippen molar-refractivity contribution in [3.63, 3.8) is 0 Å². The van der Waals surface area contributed by atoms with Gasteiger partial charge in [-0.15, -0.1) is 5.10 Å². The molecule has 0 unspecified atom stereocenters. The average Bonchev–Trinajstić information content (AvgIpc) is 3.05. The Morgan fingerprint density at radius 3 is 2.21 bits per heavy atom. The van der Waals surface area contributed by atoms with Crippen LogP contribution < -0.4 is 10.5 Å². The Bertz CT molecular complexity index is 756. The molecule has 0 saturated heterocycles. The van der Waals surface area contributed by atoms with Crippen LogP contribution in [0.3, 0.4) is 0 Å². The molecule has 24 heavy (non-hydrogen) atoms. The van der Waals surface area contributed by atoms with Gasteiger partial charge in [-0.25, -0.2) is 0 Å². The summed E-state index contributed by atoms with van der Waals surface area (Å²) < 4.78 is 7.77. The number of hydrogen-bond donors (Lipinski definition) is 1. The topological polar surface area (TPSA) is 66.0 Å². The Morgan fingerprint density at radius 2 is 1.58 bits per heavy atom. The summed E-state index contributed by atoms with van der Waals surface area (Å²) in [4.78, 5) is 0. The molecule has 1 aromatic heterocycles. The van der Waals surface area contributed by atoms with Gasteiger partial charge in [0.05, 0.1) is 6.04 Å². The number of ether oxygens (including phenoxy) is 1. The summed E-state index contributed by atoms with van der Waals surface area (Å²) in [5.74, 6) is 0.754. The predicted molar refractivity (Wildman–Crippen MR) is 93.5 cm³/mol. The van der Waals surface area contributed by atoms with Crippen molar-refractivity contribution < 1.29 is 4.74 Å². The van der Waals surface area contributed by atoms with E-state index in [2.05, 4.69) is 22.3 Å². The van der Waals surface area contributed by atoms with Gasteiger partial charge >= 0.3 is 6.01 Å². The maximum atomic E-state index is 6.35. The summed E-state index contributed by atoms with van der Waals surface area (Å²) >= 11 is 0. The lowest BCUT2D eigenvalue weighted by Crippen LogP contribution is -2.19. The fourth-order valence-electron chi connectivity index (χ4n) is 2.66. The fraction of sp³-hybridized carbons (Fsp3) is 0.263. The van der Waals surface area contributed by atoms with Gasteiger partial charge in [0.2, 0.25) is 0 Å². The van der Waals surface area contributed by atoms with E-state index in [1.165, 1.54) is 5.56 Å². The van der Waals surface area contributed by atoms with Gasteiger partial charge in [-0.1, -0.05) is 65.8 Å². The highest BCUT2D eigenvalue weighted by atomic mass is 16.5. The van der Waals surface area contributed by atoms with Crippen LogP contribution in [0.4, 0.5) is 0 Å². The van der Waals surface area contributed by atoms with Crippen molar-refractivity contribution in [3.8, 4) is 6.01 Å². The molecule has 5 nitrogen and oxygen atoms in total. The van der Waals surface area contributed by atoms with Gasteiger partial charge in [0.15, 0.2) is 5.82 Å². The van der Waals surface area contributed by atoms with Crippen LogP contribution in [0.1, 0.15) is 29.9 Å². The van der Waals surface area contributed by atoms with E-state index in [1.54, 1.807) is 0 Å². The molecular weight excluding hydrogens is 300 g/mol. The summed E-state index contributed by atoms with van der Waals surface area (Å²) in [7, 11) is 0.